The molecule has 2 aromatic heterocycles. The van der Waals surface area contributed by atoms with Crippen LogP contribution in [0.4, 0.5) is 24.8 Å². The smallest absolute Gasteiger partial charge is 0.324 e. The lowest BCUT2D eigenvalue weighted by molar-refractivity contribution is -0.141. The van der Waals surface area contributed by atoms with Gasteiger partial charge < -0.3 is 5.32 Å². The average Bonchev–Trinajstić information content (AvgIpc) is 3.05. The van der Waals surface area contributed by atoms with Gasteiger partial charge in [-0.3, -0.25) is 5.10 Å². The number of aromatic amines is 1. The van der Waals surface area contributed by atoms with E-state index in [1.54, 1.807) is 6.07 Å². The summed E-state index contributed by atoms with van der Waals surface area (Å²) in [4.78, 5) is 7.42. The normalized spacial score (nSPS) is 11.7. The molecule has 0 atom stereocenters. The molecule has 8 heteroatoms. The van der Waals surface area contributed by atoms with E-state index in [-0.39, 0.29) is 5.95 Å². The first-order valence-electron chi connectivity index (χ1n) is 8.12. The Morgan fingerprint density at radius 1 is 1.04 bits per heavy atom. The summed E-state index contributed by atoms with van der Waals surface area (Å²) in [5, 5.41) is 11.2. The lowest BCUT2D eigenvalue weighted by Gasteiger charge is -2.10. The lowest BCUT2D eigenvalue weighted by atomic mass is 10.0. The number of H-pyrrole nitrogens is 1. The van der Waals surface area contributed by atoms with Gasteiger partial charge in [0.15, 0.2) is 0 Å². The number of halogens is 3. The number of alkyl halides is 3. The van der Waals surface area contributed by atoms with Crippen molar-refractivity contribution in [3.8, 4) is 11.3 Å². The highest BCUT2D eigenvalue weighted by Gasteiger charge is 2.32. The first-order chi connectivity index (χ1) is 12.9. The number of aryl methyl sites for hydroxylation is 1. The van der Waals surface area contributed by atoms with Crippen molar-refractivity contribution in [2.24, 2.45) is 0 Å². The van der Waals surface area contributed by atoms with E-state index < -0.39 is 11.9 Å². The molecule has 2 aromatic carbocycles. The molecule has 0 aliphatic carbocycles. The van der Waals surface area contributed by atoms with E-state index in [2.05, 4.69) is 25.5 Å². The van der Waals surface area contributed by atoms with Crippen molar-refractivity contribution in [2.45, 2.75) is 13.1 Å². The minimum absolute atomic E-state index is 0.117. The van der Waals surface area contributed by atoms with Gasteiger partial charge in [-0.05, 0) is 42.8 Å². The predicted molar refractivity (Wildman–Crippen MR) is 96.6 cm³/mol. The first kappa shape index (κ1) is 17.0. The third-order valence-electron chi connectivity index (χ3n) is 4.02. The molecule has 0 saturated heterocycles. The van der Waals surface area contributed by atoms with Crippen LogP contribution in [-0.2, 0) is 6.18 Å². The van der Waals surface area contributed by atoms with Gasteiger partial charge in [0.1, 0.15) is 5.69 Å². The average molecular weight is 369 g/mol. The Balaban J connectivity index is 1.71. The molecule has 4 aromatic rings. The van der Waals surface area contributed by atoms with Crippen LogP contribution < -0.4 is 5.32 Å². The minimum atomic E-state index is -4.52. The molecule has 0 bridgehead atoms. The van der Waals surface area contributed by atoms with Crippen molar-refractivity contribution < 1.29 is 13.2 Å². The van der Waals surface area contributed by atoms with Crippen molar-refractivity contribution in [3.63, 3.8) is 0 Å². The summed E-state index contributed by atoms with van der Waals surface area (Å²) in [6.45, 7) is 1.90. The summed E-state index contributed by atoms with van der Waals surface area (Å²) in [5.41, 5.74) is 3.02. The molecule has 0 radical (unpaired) electrons. The number of nitrogens with one attached hydrogen (secondary N) is 2. The van der Waals surface area contributed by atoms with Gasteiger partial charge in [-0.1, -0.05) is 18.2 Å². The van der Waals surface area contributed by atoms with Crippen LogP contribution in [0.5, 0.6) is 0 Å². The monoisotopic (exact) mass is 369 g/mol. The maximum absolute atomic E-state index is 12.8. The molecule has 0 aliphatic rings. The van der Waals surface area contributed by atoms with Gasteiger partial charge in [0, 0.05) is 22.8 Å². The first-order valence-corrected chi connectivity index (χ1v) is 8.12. The van der Waals surface area contributed by atoms with Gasteiger partial charge in [-0.15, -0.1) is 0 Å². The third kappa shape index (κ3) is 3.46. The van der Waals surface area contributed by atoms with Crippen LogP contribution in [0.15, 0.2) is 54.7 Å². The van der Waals surface area contributed by atoms with E-state index in [4.69, 9.17) is 0 Å². The SMILES string of the molecule is Cc1cc(Nc2nccc(C(F)(F)F)n2)cc(-c2n[nH]c3ccccc23)c1. The number of nitrogens with zero attached hydrogens (tertiary/aromatic N) is 3. The standard InChI is InChI=1S/C19H14F3N5/c1-11-8-12(17-14-4-2-3-5-15(14)26-27-17)10-13(9-11)24-18-23-7-6-16(25-18)19(20,21)22/h2-10H,1H3,(H,26,27)(H,23,24,25). The van der Waals surface area contributed by atoms with Gasteiger partial charge >= 0.3 is 6.18 Å². The summed E-state index contributed by atoms with van der Waals surface area (Å²) < 4.78 is 38.5. The van der Waals surface area contributed by atoms with E-state index in [1.807, 2.05) is 43.3 Å². The fourth-order valence-electron chi connectivity index (χ4n) is 2.88. The fraction of sp³-hybridized carbons (Fsp3) is 0.105. The predicted octanol–water partition coefficient (Wildman–Crippen LogP) is 5.09. The van der Waals surface area contributed by atoms with Gasteiger partial charge in [0.25, 0.3) is 0 Å². The van der Waals surface area contributed by atoms with E-state index in [0.717, 1.165) is 40.0 Å². The lowest BCUT2D eigenvalue weighted by Crippen LogP contribution is -2.10. The molecule has 0 amide bonds. The van der Waals surface area contributed by atoms with E-state index >= 15 is 0 Å². The molecule has 0 unspecified atom stereocenters. The molecule has 0 aliphatic heterocycles. The second-order valence-corrected chi connectivity index (χ2v) is 6.09. The number of para-hydroxylation sites is 1. The van der Waals surface area contributed by atoms with E-state index in [1.165, 1.54) is 0 Å². The Hall–Kier alpha value is -3.42. The quantitative estimate of drug-likeness (QED) is 0.528. The molecular formula is C19H14F3N5. The summed E-state index contributed by atoms with van der Waals surface area (Å²) in [5.74, 6) is -0.117. The molecule has 0 saturated carbocycles. The van der Waals surface area contributed by atoms with E-state index in [9.17, 15) is 13.2 Å². The second kappa shape index (κ2) is 6.39. The Labute approximate surface area is 152 Å². The van der Waals surface area contributed by atoms with Crippen LogP contribution in [0.3, 0.4) is 0 Å². The molecule has 27 heavy (non-hydrogen) atoms. The van der Waals surface area contributed by atoms with Crippen LogP contribution in [0.25, 0.3) is 22.2 Å². The summed E-state index contributed by atoms with van der Waals surface area (Å²) in [6, 6.07) is 14.1. The summed E-state index contributed by atoms with van der Waals surface area (Å²) in [6.07, 6.45) is -3.44. The van der Waals surface area contributed by atoms with Crippen LogP contribution in [0, 0.1) is 6.92 Å². The number of rotatable bonds is 3. The molecule has 4 rings (SSSR count). The van der Waals surface area contributed by atoms with Crippen LogP contribution >= 0.6 is 0 Å². The number of anilines is 2. The molecule has 2 heterocycles. The number of hydrogen-bond donors (Lipinski definition) is 2. The van der Waals surface area contributed by atoms with Gasteiger partial charge in [-0.2, -0.15) is 18.3 Å². The van der Waals surface area contributed by atoms with Crippen molar-refractivity contribution in [3.05, 3.63) is 66.0 Å². The molecule has 2 N–H and O–H groups in total. The summed E-state index contributed by atoms with van der Waals surface area (Å²) in [7, 11) is 0. The summed E-state index contributed by atoms with van der Waals surface area (Å²) >= 11 is 0. The Morgan fingerprint density at radius 2 is 1.85 bits per heavy atom. The highest BCUT2D eigenvalue weighted by Crippen LogP contribution is 2.31. The van der Waals surface area contributed by atoms with Gasteiger partial charge in [0.2, 0.25) is 5.95 Å². The van der Waals surface area contributed by atoms with Crippen molar-refractivity contribution in [1.29, 1.82) is 0 Å². The zero-order chi connectivity index (χ0) is 19.0. The van der Waals surface area contributed by atoms with Gasteiger partial charge in [-0.25, -0.2) is 9.97 Å². The van der Waals surface area contributed by atoms with Crippen molar-refractivity contribution in [1.82, 2.24) is 20.2 Å². The van der Waals surface area contributed by atoms with E-state index in [0.29, 0.717) is 5.69 Å². The Morgan fingerprint density at radius 3 is 2.67 bits per heavy atom. The molecular weight excluding hydrogens is 355 g/mol. The Kier molecular flexibility index (Phi) is 4.02. The minimum Gasteiger partial charge on any atom is -0.324 e. The van der Waals surface area contributed by atoms with Crippen molar-refractivity contribution >= 4 is 22.5 Å². The molecule has 5 nitrogen and oxygen atoms in total. The van der Waals surface area contributed by atoms with Gasteiger partial charge in [0.05, 0.1) is 11.2 Å². The number of hydrogen-bond acceptors (Lipinski definition) is 4. The second-order valence-electron chi connectivity index (χ2n) is 6.09. The highest BCUT2D eigenvalue weighted by molar-refractivity contribution is 5.93. The Bertz CT molecular complexity index is 1120. The molecule has 0 spiro atoms. The maximum atomic E-state index is 12.8. The molecule has 136 valence electrons. The maximum Gasteiger partial charge on any atom is 0.433 e. The topological polar surface area (TPSA) is 66.5 Å². The number of aromatic nitrogens is 4. The van der Waals surface area contributed by atoms with Crippen LogP contribution in [0.2, 0.25) is 0 Å². The van der Waals surface area contributed by atoms with Crippen LogP contribution in [0.1, 0.15) is 11.3 Å². The largest absolute Gasteiger partial charge is 0.433 e. The molecule has 0 fully saturated rings. The number of fused-ring (bicyclic) bond motifs is 1. The number of benzene rings is 2. The van der Waals surface area contributed by atoms with Crippen LogP contribution in [-0.4, -0.2) is 20.2 Å². The van der Waals surface area contributed by atoms with Crippen molar-refractivity contribution in [2.75, 3.05) is 5.32 Å². The zero-order valence-electron chi connectivity index (χ0n) is 14.2. The fourth-order valence-corrected chi connectivity index (χ4v) is 2.88. The highest BCUT2D eigenvalue weighted by atomic mass is 19.4. The zero-order valence-corrected chi connectivity index (χ0v) is 14.2. The third-order valence-corrected chi connectivity index (χ3v) is 4.02.